The Morgan fingerprint density at radius 2 is 1.77 bits per heavy atom. The molecule has 0 spiro atoms. The first-order valence-corrected chi connectivity index (χ1v) is 13.4. The number of rotatable bonds is 9. The minimum Gasteiger partial charge on any atom is -0.493 e. The number of carbonyl (C=O) groups is 1. The highest BCUT2D eigenvalue weighted by atomic mass is 19.1. The van der Waals surface area contributed by atoms with Crippen LogP contribution in [0.5, 0.6) is 17.2 Å². The van der Waals surface area contributed by atoms with Gasteiger partial charge < -0.3 is 14.0 Å². The van der Waals surface area contributed by atoms with Gasteiger partial charge in [-0.25, -0.2) is 18.3 Å². The number of fused-ring (bicyclic) bond motifs is 1. The monoisotopic (exact) mass is 581 g/mol. The molecule has 2 aromatic carbocycles. The Labute approximate surface area is 244 Å². The van der Waals surface area contributed by atoms with Crippen LogP contribution < -0.4 is 15.0 Å². The summed E-state index contributed by atoms with van der Waals surface area (Å²) in [5, 5.41) is 4.29. The topological polar surface area (TPSA) is 92.6 Å². The average molecular weight is 582 g/mol. The number of nitrogens with zero attached hydrogens (tertiary/aromatic N) is 5. The van der Waals surface area contributed by atoms with Gasteiger partial charge in [0.15, 0.2) is 23.1 Å². The van der Waals surface area contributed by atoms with E-state index >= 15 is 4.39 Å². The van der Waals surface area contributed by atoms with Crippen LogP contribution in [0.3, 0.4) is 0 Å². The third kappa shape index (κ3) is 5.52. The number of hydrogen-bond donors (Lipinski definition) is 0. The van der Waals surface area contributed by atoms with Crippen molar-refractivity contribution in [2.45, 2.75) is 13.3 Å². The molecule has 11 heteroatoms. The highest BCUT2D eigenvalue weighted by molar-refractivity contribution is 5.99. The van der Waals surface area contributed by atoms with Crippen LogP contribution in [-0.2, 0) is 13.5 Å². The average Bonchev–Trinajstić information content (AvgIpc) is 3.64. The molecule has 0 N–H and O–H groups in total. The number of carbonyl (C=O) groups excluding carboxylic acids is 1. The lowest BCUT2D eigenvalue weighted by Gasteiger charge is -2.13. The largest absolute Gasteiger partial charge is 0.493 e. The van der Waals surface area contributed by atoms with E-state index in [0.717, 1.165) is 5.56 Å². The van der Waals surface area contributed by atoms with Crippen molar-refractivity contribution in [3.05, 3.63) is 125 Å². The lowest BCUT2D eigenvalue weighted by atomic mass is 10.0. The quantitative estimate of drug-likeness (QED) is 0.201. The highest BCUT2D eigenvalue weighted by Gasteiger charge is 2.21. The summed E-state index contributed by atoms with van der Waals surface area (Å²) in [6, 6.07) is 14.5. The predicted molar refractivity (Wildman–Crippen MR) is 155 cm³/mol. The number of Topliss-reactive ketones (excluding diaryl/α,β-unsaturated/α-hetero) is 1. The Bertz CT molecular complexity index is 2030. The summed E-state index contributed by atoms with van der Waals surface area (Å²) in [5.74, 6) is -1.26. The molecule has 6 aromatic rings. The molecular weight excluding hydrogens is 556 g/mol. The van der Waals surface area contributed by atoms with Crippen molar-refractivity contribution in [2.24, 2.45) is 7.05 Å². The van der Waals surface area contributed by atoms with E-state index in [1.807, 2.05) is 17.8 Å². The van der Waals surface area contributed by atoms with Crippen molar-refractivity contribution in [3.63, 3.8) is 0 Å². The molecule has 6 rings (SSSR count). The van der Waals surface area contributed by atoms with E-state index < -0.39 is 23.0 Å². The van der Waals surface area contributed by atoms with Gasteiger partial charge in [0, 0.05) is 43.3 Å². The first-order chi connectivity index (χ1) is 20.8. The fourth-order valence-corrected chi connectivity index (χ4v) is 4.77. The summed E-state index contributed by atoms with van der Waals surface area (Å²) in [5.41, 5.74) is 1.98. The van der Waals surface area contributed by atoms with Gasteiger partial charge in [0.05, 0.1) is 24.8 Å². The zero-order valence-corrected chi connectivity index (χ0v) is 23.2. The first kappa shape index (κ1) is 27.6. The van der Waals surface area contributed by atoms with Crippen molar-refractivity contribution < 1.29 is 23.0 Å². The second kappa shape index (κ2) is 11.4. The summed E-state index contributed by atoms with van der Waals surface area (Å²) in [6.45, 7) is 1.96. The molecule has 0 radical (unpaired) electrons. The van der Waals surface area contributed by atoms with E-state index in [1.165, 1.54) is 53.2 Å². The minimum absolute atomic E-state index is 0.0501. The fourth-order valence-electron chi connectivity index (χ4n) is 4.77. The van der Waals surface area contributed by atoms with Crippen LogP contribution >= 0.6 is 0 Å². The molecule has 0 unspecified atom stereocenters. The number of pyridine rings is 2. The van der Waals surface area contributed by atoms with Gasteiger partial charge in [-0.05, 0) is 67.1 Å². The van der Waals surface area contributed by atoms with Crippen molar-refractivity contribution in [2.75, 3.05) is 6.61 Å². The van der Waals surface area contributed by atoms with E-state index in [-0.39, 0.29) is 30.1 Å². The molecule has 0 atom stereocenters. The number of benzene rings is 2. The minimum atomic E-state index is -0.687. The second-order valence-electron chi connectivity index (χ2n) is 9.78. The lowest BCUT2D eigenvalue weighted by Crippen LogP contribution is -2.27. The van der Waals surface area contributed by atoms with Gasteiger partial charge in [0.1, 0.15) is 22.6 Å². The fraction of sp³-hybridized carbons (Fsp3) is 0.125. The molecule has 0 aliphatic rings. The van der Waals surface area contributed by atoms with Crippen LogP contribution in [-0.4, -0.2) is 36.1 Å². The van der Waals surface area contributed by atoms with E-state index in [0.29, 0.717) is 28.2 Å². The van der Waals surface area contributed by atoms with Gasteiger partial charge in [-0.1, -0.05) is 6.07 Å². The molecule has 0 amide bonds. The maximum absolute atomic E-state index is 15.3. The maximum Gasteiger partial charge on any atom is 0.269 e. The van der Waals surface area contributed by atoms with Crippen LogP contribution in [0, 0.1) is 11.6 Å². The summed E-state index contributed by atoms with van der Waals surface area (Å²) in [4.78, 5) is 31.2. The molecule has 0 aliphatic heterocycles. The summed E-state index contributed by atoms with van der Waals surface area (Å²) in [7, 11) is 1.86. The second-order valence-corrected chi connectivity index (χ2v) is 9.78. The maximum atomic E-state index is 15.3. The van der Waals surface area contributed by atoms with Crippen molar-refractivity contribution in [3.8, 4) is 34.2 Å². The van der Waals surface area contributed by atoms with Crippen LogP contribution in [0.25, 0.3) is 22.5 Å². The van der Waals surface area contributed by atoms with E-state index in [9.17, 15) is 14.0 Å². The van der Waals surface area contributed by atoms with Gasteiger partial charge in [0.25, 0.3) is 5.56 Å². The molecular formula is C32H25F2N5O4. The molecule has 4 aromatic heterocycles. The van der Waals surface area contributed by atoms with Crippen molar-refractivity contribution in [1.82, 2.24) is 23.7 Å². The van der Waals surface area contributed by atoms with Crippen LogP contribution in [0.4, 0.5) is 8.78 Å². The summed E-state index contributed by atoms with van der Waals surface area (Å²) in [6.07, 6.45) is 8.14. The Morgan fingerprint density at radius 1 is 0.953 bits per heavy atom. The SMILES string of the molecule is CCOc1ccn(-c2ccc(F)cc2)c(=O)c1C(=O)Cc1ccc(Oc2cc(-c3cn(C)cn3)cn3nccc23)c(F)c1. The standard InChI is InChI=1S/C32H25F2N5O4/c1-3-42-29-11-13-38(23-7-5-22(33)6-8-23)32(41)31(29)27(40)15-20-4-9-28(24(34)14-20)43-30-16-21(25-18-37(2)19-35-25)17-39-26(30)10-12-36-39/h4-14,16-19H,3,15H2,1-2H3. The molecule has 216 valence electrons. The highest BCUT2D eigenvalue weighted by Crippen LogP contribution is 2.32. The Balaban J connectivity index is 1.28. The number of hydrogen-bond acceptors (Lipinski definition) is 6. The normalized spacial score (nSPS) is 11.2. The van der Waals surface area contributed by atoms with Gasteiger partial charge >= 0.3 is 0 Å². The van der Waals surface area contributed by atoms with Gasteiger partial charge in [0.2, 0.25) is 0 Å². The number of aryl methyl sites for hydroxylation is 1. The van der Waals surface area contributed by atoms with Gasteiger partial charge in [-0.15, -0.1) is 0 Å². The van der Waals surface area contributed by atoms with Crippen LogP contribution in [0.1, 0.15) is 22.8 Å². The number of ether oxygens (including phenoxy) is 2. The molecule has 0 fully saturated rings. The molecule has 9 nitrogen and oxygen atoms in total. The van der Waals surface area contributed by atoms with Gasteiger partial charge in [-0.2, -0.15) is 5.10 Å². The number of aromatic nitrogens is 5. The van der Waals surface area contributed by atoms with Crippen molar-refractivity contribution in [1.29, 1.82) is 0 Å². The zero-order chi connectivity index (χ0) is 30.1. The molecule has 0 saturated carbocycles. The summed E-state index contributed by atoms with van der Waals surface area (Å²) < 4.78 is 45.0. The number of imidazole rings is 1. The Hall–Kier alpha value is -5.58. The number of ketones is 1. The zero-order valence-electron chi connectivity index (χ0n) is 23.2. The molecule has 0 saturated heterocycles. The third-order valence-corrected chi connectivity index (χ3v) is 6.79. The summed E-state index contributed by atoms with van der Waals surface area (Å²) >= 11 is 0. The number of halogens is 2. The smallest absolute Gasteiger partial charge is 0.269 e. The molecule has 0 aliphatic carbocycles. The van der Waals surface area contributed by atoms with E-state index in [1.54, 1.807) is 48.4 Å². The van der Waals surface area contributed by atoms with Crippen molar-refractivity contribution >= 4 is 11.3 Å². The molecule has 0 bridgehead atoms. The first-order valence-electron chi connectivity index (χ1n) is 13.4. The van der Waals surface area contributed by atoms with Crippen LogP contribution in [0.2, 0.25) is 0 Å². The lowest BCUT2D eigenvalue weighted by molar-refractivity contribution is 0.0987. The van der Waals surface area contributed by atoms with E-state index in [4.69, 9.17) is 9.47 Å². The van der Waals surface area contributed by atoms with Crippen LogP contribution in [0.15, 0.2) is 96.6 Å². The Kier molecular flexibility index (Phi) is 7.29. The molecule has 4 heterocycles. The van der Waals surface area contributed by atoms with E-state index in [2.05, 4.69) is 10.1 Å². The van der Waals surface area contributed by atoms with Gasteiger partial charge in [-0.3, -0.25) is 14.2 Å². The predicted octanol–water partition coefficient (Wildman–Crippen LogP) is 5.78. The third-order valence-electron chi connectivity index (χ3n) is 6.79. The molecule has 43 heavy (non-hydrogen) atoms. The Morgan fingerprint density at radius 3 is 2.49 bits per heavy atom.